The van der Waals surface area contributed by atoms with Gasteiger partial charge < -0.3 is 9.57 Å². The molecule has 0 atom stereocenters. The lowest BCUT2D eigenvalue weighted by Gasteiger charge is -2.28. The van der Waals surface area contributed by atoms with E-state index in [-0.39, 0.29) is 5.91 Å². The number of hydroxylamine groups is 1. The minimum Gasteiger partial charge on any atom is -0.379 e. The summed E-state index contributed by atoms with van der Waals surface area (Å²) in [6.45, 7) is 3.89. The molecule has 4 rings (SSSR count). The zero-order chi connectivity index (χ0) is 19.9. The highest BCUT2D eigenvalue weighted by Crippen LogP contribution is 2.32. The Bertz CT molecular complexity index is 942. The molecule has 0 bridgehead atoms. The van der Waals surface area contributed by atoms with E-state index in [4.69, 9.17) is 9.57 Å². The number of amides is 1. The molecule has 0 spiro atoms. The first-order valence-corrected chi connectivity index (χ1v) is 9.66. The maximum Gasteiger partial charge on any atom is 0.285 e. The Morgan fingerprint density at radius 3 is 2.62 bits per heavy atom. The average Bonchev–Trinajstić information content (AvgIpc) is 2.80. The second-order valence-corrected chi connectivity index (χ2v) is 6.81. The van der Waals surface area contributed by atoms with Crippen molar-refractivity contribution in [3.63, 3.8) is 0 Å². The van der Waals surface area contributed by atoms with Gasteiger partial charge in [0.1, 0.15) is 0 Å². The number of carbonyl (C=O) groups is 1. The molecular formula is C23H23N3O3. The molecule has 1 saturated heterocycles. The van der Waals surface area contributed by atoms with Crippen molar-refractivity contribution in [2.75, 3.05) is 26.3 Å². The number of hydrogen-bond donors (Lipinski definition) is 1. The summed E-state index contributed by atoms with van der Waals surface area (Å²) < 4.78 is 5.47. The summed E-state index contributed by atoms with van der Waals surface area (Å²) in [4.78, 5) is 24.5. The first kappa shape index (κ1) is 19.1. The predicted molar refractivity (Wildman–Crippen MR) is 110 cm³/mol. The van der Waals surface area contributed by atoms with Crippen LogP contribution >= 0.6 is 0 Å². The third-order valence-electron chi connectivity index (χ3n) is 4.88. The van der Waals surface area contributed by atoms with Crippen LogP contribution in [0.5, 0.6) is 5.75 Å². The summed E-state index contributed by atoms with van der Waals surface area (Å²) >= 11 is 0. The number of morpholine rings is 1. The predicted octanol–water partition coefficient (Wildman–Crippen LogP) is 3.30. The van der Waals surface area contributed by atoms with E-state index in [1.54, 1.807) is 18.3 Å². The highest BCUT2D eigenvalue weighted by Gasteiger charge is 2.18. The molecule has 1 aliphatic rings. The van der Waals surface area contributed by atoms with Crippen LogP contribution in [0.4, 0.5) is 0 Å². The lowest BCUT2D eigenvalue weighted by Crippen LogP contribution is -2.36. The van der Waals surface area contributed by atoms with Crippen LogP contribution in [-0.2, 0) is 11.3 Å². The Hall–Kier alpha value is -3.22. The van der Waals surface area contributed by atoms with Gasteiger partial charge in [0.15, 0.2) is 5.75 Å². The Labute approximate surface area is 170 Å². The number of pyridine rings is 1. The van der Waals surface area contributed by atoms with E-state index < -0.39 is 0 Å². The number of aromatic nitrogens is 1. The highest BCUT2D eigenvalue weighted by molar-refractivity contribution is 5.93. The normalized spacial score (nSPS) is 14.3. The highest BCUT2D eigenvalue weighted by atomic mass is 16.7. The number of nitrogens with one attached hydrogen (secondary N) is 1. The largest absolute Gasteiger partial charge is 0.379 e. The summed E-state index contributed by atoms with van der Waals surface area (Å²) in [6.07, 6.45) is 3.13. The first-order chi connectivity index (χ1) is 14.3. The van der Waals surface area contributed by atoms with Gasteiger partial charge in [-0.05, 0) is 29.3 Å². The molecule has 1 N–H and O–H groups in total. The SMILES string of the molecule is O=C(NOc1cccc(-c2ccccc2)c1CN1CCOCC1)c1cccnc1. The molecule has 1 fully saturated rings. The fourth-order valence-corrected chi connectivity index (χ4v) is 3.35. The molecule has 6 nitrogen and oxygen atoms in total. The zero-order valence-electron chi connectivity index (χ0n) is 16.1. The maximum atomic E-state index is 12.4. The van der Waals surface area contributed by atoms with E-state index in [9.17, 15) is 4.79 Å². The molecule has 2 heterocycles. The number of rotatable bonds is 6. The van der Waals surface area contributed by atoms with Crippen molar-refractivity contribution >= 4 is 5.91 Å². The van der Waals surface area contributed by atoms with E-state index in [1.165, 1.54) is 6.20 Å². The number of ether oxygens (including phenoxy) is 1. The van der Waals surface area contributed by atoms with Crippen LogP contribution < -0.4 is 10.3 Å². The van der Waals surface area contributed by atoms with Gasteiger partial charge in [0.25, 0.3) is 5.91 Å². The maximum absolute atomic E-state index is 12.4. The van der Waals surface area contributed by atoms with Gasteiger partial charge in [-0.15, -0.1) is 0 Å². The van der Waals surface area contributed by atoms with Crippen LogP contribution in [0.2, 0.25) is 0 Å². The number of nitrogens with zero attached hydrogens (tertiary/aromatic N) is 2. The van der Waals surface area contributed by atoms with Crippen molar-refractivity contribution in [3.8, 4) is 16.9 Å². The van der Waals surface area contributed by atoms with Crippen LogP contribution in [0.25, 0.3) is 11.1 Å². The third kappa shape index (κ3) is 4.80. The lowest BCUT2D eigenvalue weighted by molar-refractivity contribution is 0.0335. The second-order valence-electron chi connectivity index (χ2n) is 6.81. The van der Waals surface area contributed by atoms with Crippen molar-refractivity contribution in [1.29, 1.82) is 0 Å². The molecule has 29 heavy (non-hydrogen) atoms. The van der Waals surface area contributed by atoms with E-state index >= 15 is 0 Å². The average molecular weight is 389 g/mol. The molecule has 6 heteroatoms. The summed E-state index contributed by atoms with van der Waals surface area (Å²) in [7, 11) is 0. The smallest absolute Gasteiger partial charge is 0.285 e. The molecule has 3 aromatic rings. The Kier molecular flexibility index (Phi) is 6.14. The third-order valence-corrected chi connectivity index (χ3v) is 4.88. The van der Waals surface area contributed by atoms with Crippen molar-refractivity contribution in [2.45, 2.75) is 6.54 Å². The topological polar surface area (TPSA) is 63.7 Å². The fourth-order valence-electron chi connectivity index (χ4n) is 3.35. The van der Waals surface area contributed by atoms with Crippen LogP contribution in [0, 0.1) is 0 Å². The van der Waals surface area contributed by atoms with Gasteiger partial charge in [-0.1, -0.05) is 42.5 Å². The van der Waals surface area contributed by atoms with E-state index in [1.807, 2.05) is 30.3 Å². The van der Waals surface area contributed by atoms with Crippen LogP contribution in [-0.4, -0.2) is 42.1 Å². The van der Waals surface area contributed by atoms with Gasteiger partial charge in [0.05, 0.1) is 18.8 Å². The second kappa shape index (κ2) is 9.32. The lowest BCUT2D eigenvalue weighted by atomic mass is 9.98. The van der Waals surface area contributed by atoms with Gasteiger partial charge in [-0.3, -0.25) is 14.7 Å². The van der Waals surface area contributed by atoms with Crippen molar-refractivity contribution < 1.29 is 14.4 Å². The summed E-state index contributed by atoms with van der Waals surface area (Å²) in [5.41, 5.74) is 6.23. The Morgan fingerprint density at radius 1 is 1.03 bits per heavy atom. The minimum absolute atomic E-state index is 0.333. The molecule has 0 radical (unpaired) electrons. The quantitative estimate of drug-likeness (QED) is 0.656. The molecular weight excluding hydrogens is 366 g/mol. The monoisotopic (exact) mass is 389 g/mol. The Balaban J connectivity index is 1.60. The van der Waals surface area contributed by atoms with Crippen molar-refractivity contribution in [3.05, 3.63) is 84.2 Å². The molecule has 1 aliphatic heterocycles. The van der Waals surface area contributed by atoms with E-state index in [2.05, 4.69) is 33.6 Å². The molecule has 0 aliphatic carbocycles. The summed E-state index contributed by atoms with van der Waals surface area (Å²) in [5.74, 6) is 0.302. The van der Waals surface area contributed by atoms with Crippen LogP contribution in [0.3, 0.4) is 0 Å². The van der Waals surface area contributed by atoms with Crippen molar-refractivity contribution in [1.82, 2.24) is 15.4 Å². The van der Waals surface area contributed by atoms with Gasteiger partial charge in [-0.2, -0.15) is 5.48 Å². The molecule has 2 aromatic carbocycles. The standard InChI is InChI=1S/C23H23N3O3/c27-23(19-8-5-11-24-16-19)25-29-22-10-4-9-20(18-6-2-1-3-7-18)21(22)17-26-12-14-28-15-13-26/h1-11,16H,12-15,17H2,(H,25,27). The zero-order valence-corrected chi connectivity index (χ0v) is 16.1. The van der Waals surface area contributed by atoms with Gasteiger partial charge >= 0.3 is 0 Å². The van der Waals surface area contributed by atoms with Gasteiger partial charge in [-0.25, -0.2) is 0 Å². The van der Waals surface area contributed by atoms with E-state index in [0.29, 0.717) is 17.9 Å². The van der Waals surface area contributed by atoms with Crippen LogP contribution in [0.15, 0.2) is 73.1 Å². The molecule has 148 valence electrons. The summed E-state index contributed by atoms with van der Waals surface area (Å²) in [6, 6.07) is 19.5. The molecule has 0 saturated carbocycles. The molecule has 1 amide bonds. The fraction of sp³-hybridized carbons (Fsp3) is 0.217. The van der Waals surface area contributed by atoms with Gasteiger partial charge in [0, 0.05) is 37.6 Å². The Morgan fingerprint density at radius 2 is 1.86 bits per heavy atom. The van der Waals surface area contributed by atoms with Crippen molar-refractivity contribution in [2.24, 2.45) is 0 Å². The van der Waals surface area contributed by atoms with Crippen LogP contribution in [0.1, 0.15) is 15.9 Å². The summed E-state index contributed by atoms with van der Waals surface area (Å²) in [5, 5.41) is 0. The van der Waals surface area contributed by atoms with Gasteiger partial charge in [0.2, 0.25) is 0 Å². The first-order valence-electron chi connectivity index (χ1n) is 9.66. The number of benzene rings is 2. The molecule has 1 aromatic heterocycles. The minimum atomic E-state index is -0.333. The van der Waals surface area contributed by atoms with E-state index in [0.717, 1.165) is 43.0 Å². The number of carbonyl (C=O) groups excluding carboxylic acids is 1. The number of hydrogen-bond acceptors (Lipinski definition) is 5. The molecule has 0 unspecified atom stereocenters.